The molecule has 3 N–H and O–H groups in total. The van der Waals surface area contributed by atoms with Crippen LogP contribution < -0.4 is 0 Å². The van der Waals surface area contributed by atoms with E-state index in [-0.39, 0.29) is 40.1 Å². The second-order valence-electron chi connectivity index (χ2n) is 14.5. The fourth-order valence-corrected chi connectivity index (χ4v) is 10.5. The SMILES string of the molecule is CC(C)CCC[C@@H](C)[C@H]1CC[C@@]2(C(=O)O)[C@@H]3[C@H](O)C[C@H]4C(C)(C)[C@@H](O)CC[C@]4(C)[C@H]3CC[C@]12C. The predicted molar refractivity (Wildman–Crippen MR) is 136 cm³/mol. The van der Waals surface area contributed by atoms with Crippen molar-refractivity contribution in [1.29, 1.82) is 0 Å². The number of aliphatic hydroxyl groups excluding tert-OH is 2. The summed E-state index contributed by atoms with van der Waals surface area (Å²) in [6.07, 6.45) is 8.70. The minimum Gasteiger partial charge on any atom is -0.481 e. The summed E-state index contributed by atoms with van der Waals surface area (Å²) in [6.45, 7) is 15.9. The molecule has 0 heterocycles. The quantitative estimate of drug-likeness (QED) is 0.407. The molecule has 4 aliphatic carbocycles. The average Bonchev–Trinajstić information content (AvgIpc) is 3.07. The van der Waals surface area contributed by atoms with Crippen LogP contribution in [0, 0.1) is 57.2 Å². The molecule has 0 aromatic heterocycles. The minimum atomic E-state index is -0.833. The fourth-order valence-electron chi connectivity index (χ4n) is 10.5. The zero-order valence-electron chi connectivity index (χ0n) is 22.9. The average molecular weight is 477 g/mol. The first kappa shape index (κ1) is 26.5. The maximum absolute atomic E-state index is 13.3. The summed E-state index contributed by atoms with van der Waals surface area (Å²) in [4.78, 5) is 13.3. The Morgan fingerprint density at radius 1 is 0.941 bits per heavy atom. The maximum Gasteiger partial charge on any atom is 0.310 e. The zero-order chi connectivity index (χ0) is 25.3. The number of fused-ring (bicyclic) bond motifs is 5. The van der Waals surface area contributed by atoms with E-state index >= 15 is 0 Å². The Morgan fingerprint density at radius 2 is 1.62 bits per heavy atom. The molecule has 0 spiro atoms. The Hall–Kier alpha value is -0.610. The van der Waals surface area contributed by atoms with Crippen LogP contribution in [0.1, 0.15) is 113 Å². The van der Waals surface area contributed by atoms with Crippen molar-refractivity contribution in [3.05, 3.63) is 0 Å². The number of carboxylic acids is 1. The first-order valence-electron chi connectivity index (χ1n) is 14.3. The third-order valence-electron chi connectivity index (χ3n) is 12.4. The van der Waals surface area contributed by atoms with Gasteiger partial charge in [0, 0.05) is 5.92 Å². The topological polar surface area (TPSA) is 77.8 Å². The lowest BCUT2D eigenvalue weighted by molar-refractivity contribution is -0.241. The number of hydrogen-bond acceptors (Lipinski definition) is 3. The molecule has 10 atom stereocenters. The molecule has 196 valence electrons. The standard InChI is InChI=1S/C30H52O4/c1-18(2)9-8-10-19(3)20-12-16-30(26(33)34)25-21(11-15-29(20,30)7)28(6)14-13-24(32)27(4,5)23(28)17-22(25)31/h18-25,31-32H,8-17H2,1-7H3,(H,33,34)/t19-,20-,21+,22-,23+,24+,25+,28-,29-,30+/m1/s1. The summed E-state index contributed by atoms with van der Waals surface area (Å²) >= 11 is 0. The van der Waals surface area contributed by atoms with Crippen molar-refractivity contribution in [2.75, 3.05) is 0 Å². The highest BCUT2D eigenvalue weighted by Gasteiger charge is 2.73. The second kappa shape index (κ2) is 8.75. The van der Waals surface area contributed by atoms with E-state index in [2.05, 4.69) is 48.5 Å². The number of rotatable bonds is 6. The van der Waals surface area contributed by atoms with Crippen LogP contribution in [0.5, 0.6) is 0 Å². The maximum atomic E-state index is 13.3. The first-order valence-corrected chi connectivity index (χ1v) is 14.3. The van der Waals surface area contributed by atoms with Gasteiger partial charge in [0.1, 0.15) is 0 Å². The number of aliphatic carboxylic acids is 1. The monoisotopic (exact) mass is 476 g/mol. The molecule has 0 aliphatic heterocycles. The summed E-state index contributed by atoms with van der Waals surface area (Å²) in [6, 6.07) is 0. The van der Waals surface area contributed by atoms with E-state index in [1.54, 1.807) is 0 Å². The smallest absolute Gasteiger partial charge is 0.310 e. The molecule has 0 aromatic rings. The van der Waals surface area contributed by atoms with Gasteiger partial charge in [-0.2, -0.15) is 0 Å². The summed E-state index contributed by atoms with van der Waals surface area (Å²) in [5.74, 6) is 1.26. The van der Waals surface area contributed by atoms with Gasteiger partial charge in [0.05, 0.1) is 17.6 Å². The van der Waals surface area contributed by atoms with Crippen molar-refractivity contribution in [3.63, 3.8) is 0 Å². The van der Waals surface area contributed by atoms with Crippen LogP contribution in [-0.2, 0) is 4.79 Å². The molecule has 4 saturated carbocycles. The number of aliphatic hydroxyl groups is 2. The molecular weight excluding hydrogens is 424 g/mol. The highest BCUT2D eigenvalue weighted by molar-refractivity contribution is 5.77. The molecule has 4 aliphatic rings. The van der Waals surface area contributed by atoms with Gasteiger partial charge >= 0.3 is 5.97 Å². The molecule has 4 rings (SSSR count). The van der Waals surface area contributed by atoms with Gasteiger partial charge < -0.3 is 15.3 Å². The lowest BCUT2D eigenvalue weighted by atomic mass is 9.37. The van der Waals surface area contributed by atoms with Crippen LogP contribution in [0.15, 0.2) is 0 Å². The largest absolute Gasteiger partial charge is 0.481 e. The highest BCUT2D eigenvalue weighted by Crippen LogP contribution is 2.74. The summed E-state index contributed by atoms with van der Waals surface area (Å²) in [5.41, 5.74) is -1.36. The Labute approximate surface area is 208 Å². The predicted octanol–water partition coefficient (Wildman–Crippen LogP) is 6.53. The summed E-state index contributed by atoms with van der Waals surface area (Å²) in [5, 5.41) is 33.5. The van der Waals surface area contributed by atoms with Gasteiger partial charge in [-0.25, -0.2) is 0 Å². The number of carboxylic acid groups (broad SMARTS) is 1. The van der Waals surface area contributed by atoms with E-state index in [0.717, 1.165) is 32.1 Å². The molecular formula is C30H52O4. The van der Waals surface area contributed by atoms with Crippen molar-refractivity contribution < 1.29 is 20.1 Å². The van der Waals surface area contributed by atoms with Crippen molar-refractivity contribution in [2.24, 2.45) is 57.2 Å². The van der Waals surface area contributed by atoms with Crippen molar-refractivity contribution in [1.82, 2.24) is 0 Å². The molecule has 0 saturated heterocycles. The van der Waals surface area contributed by atoms with Gasteiger partial charge in [0.25, 0.3) is 0 Å². The van der Waals surface area contributed by atoms with Crippen LogP contribution >= 0.6 is 0 Å². The van der Waals surface area contributed by atoms with Crippen molar-refractivity contribution in [2.45, 2.75) is 125 Å². The molecule has 4 nitrogen and oxygen atoms in total. The van der Waals surface area contributed by atoms with Gasteiger partial charge in [-0.1, -0.05) is 67.7 Å². The van der Waals surface area contributed by atoms with E-state index < -0.39 is 17.5 Å². The van der Waals surface area contributed by atoms with Gasteiger partial charge in [-0.05, 0) is 90.8 Å². The molecule has 0 aromatic carbocycles. The first-order chi connectivity index (χ1) is 15.7. The lowest BCUT2D eigenvalue weighted by Gasteiger charge is -2.67. The van der Waals surface area contributed by atoms with Crippen LogP contribution in [-0.4, -0.2) is 33.5 Å². The lowest BCUT2D eigenvalue weighted by Crippen LogP contribution is -2.67. The minimum absolute atomic E-state index is 0.0165. The summed E-state index contributed by atoms with van der Waals surface area (Å²) < 4.78 is 0. The molecule has 4 heteroatoms. The van der Waals surface area contributed by atoms with E-state index in [9.17, 15) is 20.1 Å². The van der Waals surface area contributed by atoms with Gasteiger partial charge in [-0.3, -0.25) is 4.79 Å². The van der Waals surface area contributed by atoms with Crippen LogP contribution in [0.4, 0.5) is 0 Å². The van der Waals surface area contributed by atoms with E-state index in [1.165, 1.54) is 19.3 Å². The molecule has 0 amide bonds. The van der Waals surface area contributed by atoms with Crippen LogP contribution in [0.2, 0.25) is 0 Å². The fraction of sp³-hybridized carbons (Fsp3) is 0.967. The number of hydrogen-bond donors (Lipinski definition) is 3. The van der Waals surface area contributed by atoms with Gasteiger partial charge in [0.2, 0.25) is 0 Å². The Morgan fingerprint density at radius 3 is 2.24 bits per heavy atom. The third kappa shape index (κ3) is 3.55. The van der Waals surface area contributed by atoms with Gasteiger partial charge in [0.15, 0.2) is 0 Å². The van der Waals surface area contributed by atoms with Crippen molar-refractivity contribution in [3.8, 4) is 0 Å². The molecule has 0 radical (unpaired) electrons. The Balaban J connectivity index is 1.69. The number of carbonyl (C=O) groups is 1. The molecule has 0 bridgehead atoms. The third-order valence-corrected chi connectivity index (χ3v) is 12.4. The van der Waals surface area contributed by atoms with Crippen molar-refractivity contribution >= 4 is 5.97 Å². The molecule has 34 heavy (non-hydrogen) atoms. The highest BCUT2D eigenvalue weighted by atomic mass is 16.4. The van der Waals surface area contributed by atoms with E-state index in [4.69, 9.17) is 0 Å². The van der Waals surface area contributed by atoms with Crippen LogP contribution in [0.3, 0.4) is 0 Å². The normalized spacial score (nSPS) is 48.6. The summed E-state index contributed by atoms with van der Waals surface area (Å²) in [7, 11) is 0. The second-order valence-corrected chi connectivity index (χ2v) is 14.5. The Bertz CT molecular complexity index is 776. The van der Waals surface area contributed by atoms with Crippen LogP contribution in [0.25, 0.3) is 0 Å². The molecule has 0 unspecified atom stereocenters. The molecule has 4 fully saturated rings. The van der Waals surface area contributed by atoms with E-state index in [1.807, 2.05) is 0 Å². The van der Waals surface area contributed by atoms with E-state index in [0.29, 0.717) is 30.6 Å². The zero-order valence-corrected chi connectivity index (χ0v) is 22.9. The Kier molecular flexibility index (Phi) is 6.81. The van der Waals surface area contributed by atoms with Gasteiger partial charge in [-0.15, -0.1) is 0 Å².